The fourth-order valence-corrected chi connectivity index (χ4v) is 0.880. The number of halogens is 1. The summed E-state index contributed by atoms with van der Waals surface area (Å²) in [7, 11) is 3.39. The van der Waals surface area contributed by atoms with Gasteiger partial charge in [-0.1, -0.05) is 5.21 Å². The van der Waals surface area contributed by atoms with E-state index >= 15 is 0 Å². The molecule has 0 aliphatic heterocycles. The molecule has 0 fully saturated rings. The lowest BCUT2D eigenvalue weighted by atomic mass is 10.5. The highest BCUT2D eigenvalue weighted by Crippen LogP contribution is 1.97. The highest BCUT2D eigenvalue weighted by Gasteiger charge is 2.06. The van der Waals surface area contributed by atoms with E-state index in [1.54, 1.807) is 20.3 Å². The maximum Gasteiger partial charge on any atom is 0.243 e. The van der Waals surface area contributed by atoms with Gasteiger partial charge < -0.3 is 4.90 Å². The van der Waals surface area contributed by atoms with E-state index in [1.807, 2.05) is 0 Å². The summed E-state index contributed by atoms with van der Waals surface area (Å²) in [6.07, 6.45) is 1.66. The van der Waals surface area contributed by atoms with Crippen molar-refractivity contribution in [1.29, 1.82) is 0 Å². The molecule has 6 heteroatoms. The van der Waals surface area contributed by atoms with Crippen LogP contribution in [0.25, 0.3) is 0 Å². The SMILES string of the molecule is CN(C)C(=O)Cn1cc(CCl)nn1. The normalized spacial score (nSPS) is 10.1. The van der Waals surface area contributed by atoms with E-state index in [0.717, 1.165) is 0 Å². The van der Waals surface area contributed by atoms with Crippen LogP contribution in [0.4, 0.5) is 0 Å². The summed E-state index contributed by atoms with van der Waals surface area (Å²) in [6, 6.07) is 0. The summed E-state index contributed by atoms with van der Waals surface area (Å²) in [5.41, 5.74) is 0.674. The Labute approximate surface area is 81.3 Å². The Morgan fingerprint density at radius 2 is 2.38 bits per heavy atom. The monoisotopic (exact) mass is 202 g/mol. The molecule has 1 rings (SSSR count). The van der Waals surface area contributed by atoms with Gasteiger partial charge in [-0.15, -0.1) is 16.7 Å². The molecule has 1 aromatic rings. The van der Waals surface area contributed by atoms with Gasteiger partial charge in [-0.2, -0.15) is 0 Å². The zero-order valence-corrected chi connectivity index (χ0v) is 8.32. The molecule has 1 amide bonds. The largest absolute Gasteiger partial charge is 0.347 e. The Balaban J connectivity index is 2.59. The first kappa shape index (κ1) is 9.98. The van der Waals surface area contributed by atoms with Crippen LogP contribution in [0.1, 0.15) is 5.69 Å². The van der Waals surface area contributed by atoms with E-state index < -0.39 is 0 Å². The Morgan fingerprint density at radius 3 is 2.85 bits per heavy atom. The molecule has 1 aromatic heterocycles. The average Bonchev–Trinajstić information content (AvgIpc) is 2.52. The summed E-state index contributed by atoms with van der Waals surface area (Å²) >= 11 is 5.53. The molecule has 0 spiro atoms. The van der Waals surface area contributed by atoms with Gasteiger partial charge in [-0.25, -0.2) is 4.68 Å². The second kappa shape index (κ2) is 4.23. The van der Waals surface area contributed by atoms with Crippen LogP contribution in [0, 0.1) is 0 Å². The lowest BCUT2D eigenvalue weighted by Crippen LogP contribution is -2.26. The van der Waals surface area contributed by atoms with Crippen molar-refractivity contribution in [3.8, 4) is 0 Å². The molecular formula is C7H11ClN4O. The van der Waals surface area contributed by atoms with Crippen LogP contribution in [0.2, 0.25) is 0 Å². The van der Waals surface area contributed by atoms with Crippen LogP contribution in [0.5, 0.6) is 0 Å². The molecule has 0 saturated carbocycles. The molecule has 0 radical (unpaired) electrons. The number of hydrogen-bond donors (Lipinski definition) is 0. The van der Waals surface area contributed by atoms with Crippen LogP contribution in [-0.4, -0.2) is 39.9 Å². The van der Waals surface area contributed by atoms with Crippen LogP contribution in [0.3, 0.4) is 0 Å². The summed E-state index contributed by atoms with van der Waals surface area (Å²) in [4.78, 5) is 12.7. The quantitative estimate of drug-likeness (QED) is 0.654. The highest BCUT2D eigenvalue weighted by atomic mass is 35.5. The molecular weight excluding hydrogens is 192 g/mol. The molecule has 0 N–H and O–H groups in total. The van der Waals surface area contributed by atoms with Crippen LogP contribution < -0.4 is 0 Å². The molecule has 0 aromatic carbocycles. The third-order valence-corrected chi connectivity index (χ3v) is 1.79. The lowest BCUT2D eigenvalue weighted by Gasteiger charge is -2.08. The first-order valence-electron chi connectivity index (χ1n) is 3.78. The predicted molar refractivity (Wildman–Crippen MR) is 48.3 cm³/mol. The number of likely N-dealkylation sites (N-methyl/N-ethyl adjacent to an activating group) is 1. The molecule has 0 aliphatic rings. The molecule has 13 heavy (non-hydrogen) atoms. The van der Waals surface area contributed by atoms with Crippen molar-refractivity contribution in [3.05, 3.63) is 11.9 Å². The van der Waals surface area contributed by atoms with E-state index in [9.17, 15) is 4.79 Å². The Morgan fingerprint density at radius 1 is 1.69 bits per heavy atom. The Bertz CT molecular complexity index is 296. The summed E-state index contributed by atoms with van der Waals surface area (Å²) in [6.45, 7) is 0.205. The van der Waals surface area contributed by atoms with Crippen molar-refractivity contribution in [2.24, 2.45) is 0 Å². The van der Waals surface area contributed by atoms with Gasteiger partial charge >= 0.3 is 0 Å². The van der Waals surface area contributed by atoms with Crippen LogP contribution in [0.15, 0.2) is 6.20 Å². The molecule has 72 valence electrons. The van der Waals surface area contributed by atoms with Crippen molar-refractivity contribution in [1.82, 2.24) is 19.9 Å². The molecule has 0 atom stereocenters. The Kier molecular flexibility index (Phi) is 3.25. The first-order chi connectivity index (χ1) is 6.13. The summed E-state index contributed by atoms with van der Waals surface area (Å²) in [5.74, 6) is 0.293. The number of rotatable bonds is 3. The molecule has 0 bridgehead atoms. The van der Waals surface area contributed by atoms with E-state index in [1.165, 1.54) is 9.58 Å². The van der Waals surface area contributed by atoms with Crippen molar-refractivity contribution in [2.75, 3.05) is 14.1 Å². The lowest BCUT2D eigenvalue weighted by molar-refractivity contribution is -0.129. The van der Waals surface area contributed by atoms with Gasteiger partial charge in [0.15, 0.2) is 0 Å². The van der Waals surface area contributed by atoms with E-state index in [2.05, 4.69) is 10.3 Å². The van der Waals surface area contributed by atoms with E-state index in [0.29, 0.717) is 11.6 Å². The smallest absolute Gasteiger partial charge is 0.243 e. The third kappa shape index (κ3) is 2.69. The molecule has 5 nitrogen and oxygen atoms in total. The molecule has 0 aliphatic carbocycles. The summed E-state index contributed by atoms with van der Waals surface area (Å²) < 4.78 is 1.47. The van der Waals surface area contributed by atoms with Gasteiger partial charge in [0.05, 0.1) is 17.8 Å². The fraction of sp³-hybridized carbons (Fsp3) is 0.571. The topological polar surface area (TPSA) is 51.0 Å². The third-order valence-electron chi connectivity index (χ3n) is 1.52. The standard InChI is InChI=1S/C7H11ClN4O/c1-11(2)7(13)5-12-4-6(3-8)9-10-12/h4H,3,5H2,1-2H3. The Hall–Kier alpha value is -1.10. The zero-order chi connectivity index (χ0) is 9.84. The first-order valence-corrected chi connectivity index (χ1v) is 4.32. The van der Waals surface area contributed by atoms with E-state index in [4.69, 9.17) is 11.6 Å². The van der Waals surface area contributed by atoms with Crippen molar-refractivity contribution in [2.45, 2.75) is 12.4 Å². The van der Waals surface area contributed by atoms with Gasteiger partial charge in [-0.3, -0.25) is 4.79 Å². The second-order valence-corrected chi connectivity index (χ2v) is 3.10. The minimum atomic E-state index is -0.0222. The van der Waals surface area contributed by atoms with Crippen LogP contribution >= 0.6 is 11.6 Å². The summed E-state index contributed by atoms with van der Waals surface area (Å²) in [5, 5.41) is 7.50. The van der Waals surface area contributed by atoms with Crippen LogP contribution in [-0.2, 0) is 17.2 Å². The zero-order valence-electron chi connectivity index (χ0n) is 7.57. The number of alkyl halides is 1. The minimum absolute atomic E-state index is 0.0222. The van der Waals surface area contributed by atoms with Gasteiger partial charge in [0.25, 0.3) is 0 Å². The number of carbonyl (C=O) groups is 1. The highest BCUT2D eigenvalue weighted by molar-refractivity contribution is 6.16. The second-order valence-electron chi connectivity index (χ2n) is 2.83. The number of amides is 1. The maximum absolute atomic E-state index is 11.2. The van der Waals surface area contributed by atoms with Gasteiger partial charge in [0, 0.05) is 14.1 Å². The fourth-order valence-electron chi connectivity index (χ4n) is 0.757. The van der Waals surface area contributed by atoms with E-state index in [-0.39, 0.29) is 12.5 Å². The maximum atomic E-state index is 11.2. The van der Waals surface area contributed by atoms with Gasteiger partial charge in [0.1, 0.15) is 6.54 Å². The van der Waals surface area contributed by atoms with Crippen molar-refractivity contribution in [3.63, 3.8) is 0 Å². The number of aromatic nitrogens is 3. The van der Waals surface area contributed by atoms with Gasteiger partial charge in [-0.05, 0) is 0 Å². The van der Waals surface area contributed by atoms with Crippen molar-refractivity contribution >= 4 is 17.5 Å². The number of carbonyl (C=O) groups excluding carboxylic acids is 1. The molecule has 1 heterocycles. The van der Waals surface area contributed by atoms with Crippen molar-refractivity contribution < 1.29 is 4.79 Å². The number of nitrogens with zero attached hydrogens (tertiary/aromatic N) is 4. The van der Waals surface area contributed by atoms with Gasteiger partial charge in [0.2, 0.25) is 5.91 Å². The minimum Gasteiger partial charge on any atom is -0.347 e. The average molecular weight is 203 g/mol. The molecule has 0 saturated heterocycles. The predicted octanol–water partition coefficient (Wildman–Crippen LogP) is 0.105. The number of hydrogen-bond acceptors (Lipinski definition) is 3. The molecule has 0 unspecified atom stereocenters.